The van der Waals surface area contributed by atoms with Crippen LogP contribution in [0.25, 0.3) is 0 Å². The lowest BCUT2D eigenvalue weighted by Gasteiger charge is -2.13. The third-order valence-electron chi connectivity index (χ3n) is 3.85. The Labute approximate surface area is 161 Å². The first kappa shape index (κ1) is 21.8. The van der Waals surface area contributed by atoms with Crippen molar-refractivity contribution in [3.05, 3.63) is 64.4 Å². The van der Waals surface area contributed by atoms with Crippen molar-refractivity contribution in [1.29, 1.82) is 0 Å². The Morgan fingerprint density at radius 1 is 1.04 bits per heavy atom. The first-order valence-corrected chi connectivity index (χ1v) is 8.93. The van der Waals surface area contributed by atoms with Crippen LogP contribution in [0, 0.1) is 5.82 Å². The number of hydrogen-bond donors (Lipinski definition) is 1. The smallest absolute Gasteiger partial charge is 0.124 e. The zero-order chi connectivity index (χ0) is 17.2. The molecule has 2 rings (SSSR count). The summed E-state index contributed by atoms with van der Waals surface area (Å²) < 4.78 is 18.8. The highest BCUT2D eigenvalue weighted by Gasteiger charge is 2.05. The zero-order valence-electron chi connectivity index (χ0n) is 14.6. The lowest BCUT2D eigenvalue weighted by atomic mass is 10.1. The standard InChI is InChI=1S/C20H25ClFNO.ClH/c1-2-3-4-5-12-23-14-17-13-18(21)8-11-20(17)24-15-16-6-9-19(22)10-7-16;/h6-11,13,23H,2-5,12,14-15H2,1H3;1H. The maximum absolute atomic E-state index is 12.9. The Kier molecular flexibility index (Phi) is 10.6. The van der Waals surface area contributed by atoms with Crippen LogP contribution in [0.5, 0.6) is 5.75 Å². The largest absolute Gasteiger partial charge is 0.489 e. The lowest BCUT2D eigenvalue weighted by Crippen LogP contribution is -2.15. The minimum Gasteiger partial charge on any atom is -0.489 e. The average Bonchev–Trinajstić information content (AvgIpc) is 2.58. The minimum absolute atomic E-state index is 0. The van der Waals surface area contributed by atoms with E-state index in [0.29, 0.717) is 11.6 Å². The van der Waals surface area contributed by atoms with E-state index in [1.54, 1.807) is 12.1 Å². The highest BCUT2D eigenvalue weighted by molar-refractivity contribution is 6.30. The molecule has 5 heteroatoms. The van der Waals surface area contributed by atoms with Crippen LogP contribution in [-0.4, -0.2) is 6.54 Å². The molecular formula is C20H26Cl2FNO. The Bertz CT molecular complexity index is 620. The second kappa shape index (κ2) is 12.1. The molecular weight excluding hydrogens is 360 g/mol. The van der Waals surface area contributed by atoms with Crippen LogP contribution in [0.3, 0.4) is 0 Å². The Morgan fingerprint density at radius 3 is 2.52 bits per heavy atom. The van der Waals surface area contributed by atoms with Crippen LogP contribution in [0.15, 0.2) is 42.5 Å². The molecule has 0 radical (unpaired) electrons. The van der Waals surface area contributed by atoms with Gasteiger partial charge in [0.15, 0.2) is 0 Å². The van der Waals surface area contributed by atoms with Crippen LogP contribution < -0.4 is 10.1 Å². The number of halogens is 3. The van der Waals surface area contributed by atoms with Crippen molar-refractivity contribution in [1.82, 2.24) is 5.32 Å². The molecule has 2 nitrogen and oxygen atoms in total. The summed E-state index contributed by atoms with van der Waals surface area (Å²) in [5.41, 5.74) is 1.98. The molecule has 2 aromatic rings. The molecule has 0 saturated carbocycles. The molecule has 0 heterocycles. The topological polar surface area (TPSA) is 21.3 Å². The van der Waals surface area contributed by atoms with Crippen LogP contribution in [0.1, 0.15) is 43.7 Å². The molecule has 0 aliphatic rings. The van der Waals surface area contributed by atoms with Crippen LogP contribution in [0.2, 0.25) is 5.02 Å². The third-order valence-corrected chi connectivity index (χ3v) is 4.09. The van der Waals surface area contributed by atoms with E-state index in [0.717, 1.165) is 30.0 Å². The monoisotopic (exact) mass is 385 g/mol. The van der Waals surface area contributed by atoms with Gasteiger partial charge in [-0.05, 0) is 48.9 Å². The van der Waals surface area contributed by atoms with Crippen molar-refractivity contribution in [3.8, 4) is 5.75 Å². The summed E-state index contributed by atoms with van der Waals surface area (Å²) >= 11 is 6.11. The molecule has 0 aromatic heterocycles. The Morgan fingerprint density at radius 2 is 1.80 bits per heavy atom. The van der Waals surface area contributed by atoms with Gasteiger partial charge in [0.2, 0.25) is 0 Å². The van der Waals surface area contributed by atoms with Crippen molar-refractivity contribution in [2.45, 2.75) is 45.8 Å². The molecule has 25 heavy (non-hydrogen) atoms. The summed E-state index contributed by atoms with van der Waals surface area (Å²) in [6.07, 6.45) is 4.97. The molecule has 0 atom stereocenters. The zero-order valence-corrected chi connectivity index (χ0v) is 16.1. The van der Waals surface area contributed by atoms with Gasteiger partial charge in [-0.25, -0.2) is 4.39 Å². The fraction of sp³-hybridized carbons (Fsp3) is 0.400. The number of benzene rings is 2. The van der Waals surface area contributed by atoms with Crippen LogP contribution in [0.4, 0.5) is 4.39 Å². The molecule has 0 unspecified atom stereocenters. The van der Waals surface area contributed by atoms with Gasteiger partial charge in [0.1, 0.15) is 18.2 Å². The van der Waals surface area contributed by atoms with Gasteiger partial charge >= 0.3 is 0 Å². The predicted molar refractivity (Wildman–Crippen MR) is 105 cm³/mol. The van der Waals surface area contributed by atoms with E-state index < -0.39 is 0 Å². The average molecular weight is 386 g/mol. The normalized spacial score (nSPS) is 10.4. The predicted octanol–water partition coefficient (Wildman–Crippen LogP) is 6.15. The van der Waals surface area contributed by atoms with Gasteiger partial charge in [0.25, 0.3) is 0 Å². The molecule has 0 aliphatic carbocycles. The quantitative estimate of drug-likeness (QED) is 0.495. The summed E-state index contributed by atoms with van der Waals surface area (Å²) in [5, 5.41) is 4.15. The number of unbranched alkanes of at least 4 members (excludes halogenated alkanes) is 3. The number of ether oxygens (including phenoxy) is 1. The van der Waals surface area contributed by atoms with Crippen molar-refractivity contribution in [2.75, 3.05) is 6.54 Å². The van der Waals surface area contributed by atoms with Gasteiger partial charge in [-0.2, -0.15) is 0 Å². The van der Waals surface area contributed by atoms with Crippen molar-refractivity contribution >= 4 is 24.0 Å². The van der Waals surface area contributed by atoms with Crippen LogP contribution in [-0.2, 0) is 13.2 Å². The second-order valence-electron chi connectivity index (χ2n) is 5.90. The number of nitrogens with one attached hydrogen (secondary N) is 1. The molecule has 0 bridgehead atoms. The molecule has 0 saturated heterocycles. The number of rotatable bonds is 10. The molecule has 2 aromatic carbocycles. The van der Waals surface area contributed by atoms with E-state index in [4.69, 9.17) is 16.3 Å². The molecule has 1 N–H and O–H groups in total. The summed E-state index contributed by atoms with van der Waals surface area (Å²) in [7, 11) is 0. The summed E-state index contributed by atoms with van der Waals surface area (Å²) in [6.45, 7) is 4.34. The molecule has 138 valence electrons. The van der Waals surface area contributed by atoms with E-state index in [-0.39, 0.29) is 18.2 Å². The summed E-state index contributed by atoms with van der Waals surface area (Å²) in [5.74, 6) is 0.572. The maximum atomic E-state index is 12.9. The maximum Gasteiger partial charge on any atom is 0.124 e. The molecule has 0 fully saturated rings. The van der Waals surface area contributed by atoms with Crippen molar-refractivity contribution < 1.29 is 9.13 Å². The van der Waals surface area contributed by atoms with Crippen molar-refractivity contribution in [3.63, 3.8) is 0 Å². The van der Waals surface area contributed by atoms with Gasteiger partial charge in [-0.15, -0.1) is 12.4 Å². The summed E-state index contributed by atoms with van der Waals surface area (Å²) in [4.78, 5) is 0. The third kappa shape index (κ3) is 8.08. The Hall–Kier alpha value is -1.29. The molecule has 0 amide bonds. The second-order valence-corrected chi connectivity index (χ2v) is 6.34. The van der Waals surface area contributed by atoms with Gasteiger partial charge in [-0.1, -0.05) is 49.9 Å². The summed E-state index contributed by atoms with van der Waals surface area (Å²) in [6, 6.07) is 12.0. The van der Waals surface area contributed by atoms with E-state index in [1.807, 2.05) is 18.2 Å². The Balaban J connectivity index is 0.00000312. The molecule has 0 spiro atoms. The van der Waals surface area contributed by atoms with Gasteiger partial charge in [-0.3, -0.25) is 0 Å². The van der Waals surface area contributed by atoms with Crippen molar-refractivity contribution in [2.24, 2.45) is 0 Å². The fourth-order valence-electron chi connectivity index (χ4n) is 2.47. The van der Waals surface area contributed by atoms with E-state index in [9.17, 15) is 4.39 Å². The number of hydrogen-bond acceptors (Lipinski definition) is 2. The first-order valence-electron chi connectivity index (χ1n) is 8.55. The fourth-order valence-corrected chi connectivity index (χ4v) is 2.66. The SMILES string of the molecule is CCCCCCNCc1cc(Cl)ccc1OCc1ccc(F)cc1.Cl. The van der Waals surface area contributed by atoms with Gasteiger partial charge < -0.3 is 10.1 Å². The first-order chi connectivity index (χ1) is 11.7. The van der Waals surface area contributed by atoms with E-state index in [2.05, 4.69) is 12.2 Å². The van der Waals surface area contributed by atoms with E-state index in [1.165, 1.54) is 37.8 Å². The highest BCUT2D eigenvalue weighted by Crippen LogP contribution is 2.24. The minimum atomic E-state index is -0.238. The van der Waals surface area contributed by atoms with Crippen LogP contribution >= 0.6 is 24.0 Å². The van der Waals surface area contributed by atoms with Gasteiger partial charge in [0.05, 0.1) is 0 Å². The highest BCUT2D eigenvalue weighted by atomic mass is 35.5. The molecule has 0 aliphatic heterocycles. The van der Waals surface area contributed by atoms with Gasteiger partial charge in [0, 0.05) is 17.1 Å². The lowest BCUT2D eigenvalue weighted by molar-refractivity contribution is 0.302. The van der Waals surface area contributed by atoms with E-state index >= 15 is 0 Å².